The Kier molecular flexibility index (Phi) is 5.33. The van der Waals surface area contributed by atoms with Gasteiger partial charge in [-0.05, 0) is 0 Å². The van der Waals surface area contributed by atoms with Crippen molar-refractivity contribution >= 4 is 41.1 Å². The normalized spacial score (nSPS) is 16.3. The van der Waals surface area contributed by atoms with E-state index >= 15 is 0 Å². The Morgan fingerprint density at radius 3 is 2.61 bits per heavy atom. The summed E-state index contributed by atoms with van der Waals surface area (Å²) in [6, 6.07) is 17.4. The zero-order chi connectivity index (χ0) is 19.5. The van der Waals surface area contributed by atoms with Crippen LogP contribution >= 0.6 is 0 Å². The number of nitrogens with one attached hydrogen (secondary N) is 1. The van der Waals surface area contributed by atoms with Crippen LogP contribution in [-0.2, 0) is 4.74 Å². The molecule has 1 aromatic heterocycles. The molecule has 1 amide bonds. The molecule has 1 N–H and O–H groups in total. The van der Waals surface area contributed by atoms with Crippen LogP contribution in [0.2, 0.25) is 0 Å². The molecule has 0 saturated heterocycles. The third-order valence-electron chi connectivity index (χ3n) is 4.85. The first-order chi connectivity index (χ1) is 13.7. The molecule has 2 aromatic carbocycles. The van der Waals surface area contributed by atoms with Gasteiger partial charge < -0.3 is 0 Å². The van der Waals surface area contributed by atoms with Crippen LogP contribution in [0.4, 0.5) is 4.79 Å². The summed E-state index contributed by atoms with van der Waals surface area (Å²) in [4.78, 5) is 30.6. The van der Waals surface area contributed by atoms with E-state index in [0.29, 0.717) is 18.7 Å². The van der Waals surface area contributed by atoms with Crippen LogP contribution in [0.15, 0.2) is 66.7 Å². The van der Waals surface area contributed by atoms with Gasteiger partial charge in [0.05, 0.1) is 0 Å². The van der Waals surface area contributed by atoms with E-state index in [-0.39, 0.29) is 31.8 Å². The monoisotopic (exact) mass is 440 g/mol. The van der Waals surface area contributed by atoms with Crippen molar-refractivity contribution in [3.63, 3.8) is 0 Å². The minimum absolute atomic E-state index is 0.0734. The quantitative estimate of drug-likeness (QED) is 0.501. The van der Waals surface area contributed by atoms with E-state index < -0.39 is 0 Å². The van der Waals surface area contributed by atoms with Gasteiger partial charge in [-0.1, -0.05) is 0 Å². The number of carbonyl (C=O) groups is 2. The van der Waals surface area contributed by atoms with Crippen LogP contribution in [0, 0.1) is 0 Å². The average Bonchev–Trinajstić information content (AvgIpc) is 3.13. The second kappa shape index (κ2) is 8.05. The molecule has 1 aliphatic heterocycles. The van der Waals surface area contributed by atoms with E-state index in [1.54, 1.807) is 4.90 Å². The van der Waals surface area contributed by atoms with E-state index in [1.807, 2.05) is 60.7 Å². The molecule has 6 heteroatoms. The van der Waals surface area contributed by atoms with Gasteiger partial charge in [0.1, 0.15) is 0 Å². The molecule has 0 fully saturated rings. The van der Waals surface area contributed by atoms with Crippen LogP contribution in [-0.4, -0.2) is 49.3 Å². The van der Waals surface area contributed by atoms with Crippen LogP contribution in [0.25, 0.3) is 10.9 Å². The number of amides is 1. The molecule has 1 aliphatic rings. The van der Waals surface area contributed by atoms with Gasteiger partial charge >= 0.3 is 169 Å². The van der Waals surface area contributed by atoms with Gasteiger partial charge in [-0.3, -0.25) is 0 Å². The van der Waals surface area contributed by atoms with Crippen molar-refractivity contribution in [3.8, 4) is 0 Å². The predicted octanol–water partition coefficient (Wildman–Crippen LogP) is 3.41. The number of H-pyrrole nitrogens is 1. The molecule has 1 atom stereocenters. The fourth-order valence-electron chi connectivity index (χ4n) is 3.58. The fraction of sp³-hybridized carbons (Fsp3) is 0.182. The van der Waals surface area contributed by atoms with Crippen molar-refractivity contribution in [2.24, 2.45) is 0 Å². The maximum atomic E-state index is 13.2. The van der Waals surface area contributed by atoms with Crippen molar-refractivity contribution < 1.29 is 14.3 Å². The summed E-state index contributed by atoms with van der Waals surface area (Å²) in [5, 5.41) is 0.976. The number of aromatic nitrogens is 1. The maximum absolute atomic E-state index is 13.2. The van der Waals surface area contributed by atoms with Crippen LogP contribution in [0.1, 0.15) is 28.5 Å². The zero-order valence-electron chi connectivity index (χ0n) is 15.4. The van der Waals surface area contributed by atoms with Gasteiger partial charge in [-0.2, -0.15) is 0 Å². The van der Waals surface area contributed by atoms with Crippen molar-refractivity contribution in [2.75, 3.05) is 13.7 Å². The van der Waals surface area contributed by atoms with Crippen molar-refractivity contribution in [1.29, 1.82) is 0 Å². The Bertz CT molecular complexity index is 1040. The molecule has 0 spiro atoms. The van der Waals surface area contributed by atoms with Crippen molar-refractivity contribution in [2.45, 2.75) is 12.5 Å². The summed E-state index contributed by atoms with van der Waals surface area (Å²) in [6.45, 7) is 0.467. The number of methoxy groups -OCH3 is 1. The second-order valence-corrected chi connectivity index (χ2v) is 8.70. The summed E-state index contributed by atoms with van der Waals surface area (Å²) >= 11 is -0.350. The molecule has 1 unspecified atom stereocenters. The summed E-state index contributed by atoms with van der Waals surface area (Å²) in [5.41, 5.74) is 2.39. The molecular weight excluding hydrogens is 419 g/mol. The Balaban J connectivity index is 1.80. The summed E-state index contributed by atoms with van der Waals surface area (Å²) in [7, 11) is 1.39. The van der Waals surface area contributed by atoms with Gasteiger partial charge in [0.15, 0.2) is 0 Å². The molecular formula is C22H20N2O3Se. The molecule has 142 valence electrons. The zero-order valence-corrected chi connectivity index (χ0v) is 17.1. The number of aromatic amines is 1. The fourth-order valence-corrected chi connectivity index (χ4v) is 5.19. The van der Waals surface area contributed by atoms with Crippen molar-refractivity contribution in [3.05, 3.63) is 78.0 Å². The van der Waals surface area contributed by atoms with Gasteiger partial charge in [0.2, 0.25) is 0 Å². The van der Waals surface area contributed by atoms with Crippen molar-refractivity contribution in [1.82, 2.24) is 9.88 Å². The van der Waals surface area contributed by atoms with E-state index in [0.717, 1.165) is 20.9 Å². The number of nitrogens with zero attached hydrogens (tertiary/aromatic N) is 1. The molecule has 5 nitrogen and oxygen atoms in total. The molecule has 0 bridgehead atoms. The van der Waals surface area contributed by atoms with Crippen LogP contribution in [0.3, 0.4) is 0 Å². The molecule has 0 radical (unpaired) electrons. The summed E-state index contributed by atoms with van der Waals surface area (Å²) in [5.74, 6) is 0. The Hall–Kier alpha value is -2.82. The number of fused-ring (bicyclic) bond motifs is 1. The first kappa shape index (κ1) is 18.5. The average molecular weight is 439 g/mol. The molecule has 0 saturated carbocycles. The summed E-state index contributed by atoms with van der Waals surface area (Å²) in [6.07, 6.45) is 4.28. The number of hydrogen-bond acceptors (Lipinski definition) is 3. The Morgan fingerprint density at radius 1 is 1.07 bits per heavy atom. The SMILES string of the molecule is COC(=O)N1CC=CCC1c1c(C(=O)[Se]c2ccccc2)[nH]c2ccccc12. The molecule has 2 heterocycles. The Morgan fingerprint density at radius 2 is 1.82 bits per heavy atom. The van der Waals surface area contributed by atoms with Gasteiger partial charge in [0.25, 0.3) is 0 Å². The number of carbonyl (C=O) groups excluding carboxylic acids is 2. The predicted molar refractivity (Wildman–Crippen MR) is 110 cm³/mol. The first-order valence-electron chi connectivity index (χ1n) is 9.06. The topological polar surface area (TPSA) is 62.4 Å². The minimum atomic E-state index is -0.383. The number of ether oxygens (including phenoxy) is 1. The number of benzene rings is 2. The van der Waals surface area contributed by atoms with Crippen LogP contribution < -0.4 is 4.46 Å². The third-order valence-corrected chi connectivity index (χ3v) is 6.73. The van der Waals surface area contributed by atoms with E-state index in [9.17, 15) is 9.59 Å². The first-order valence-corrected chi connectivity index (χ1v) is 10.8. The molecule has 28 heavy (non-hydrogen) atoms. The van der Waals surface area contributed by atoms with Crippen LogP contribution in [0.5, 0.6) is 0 Å². The third kappa shape index (κ3) is 3.49. The molecule has 3 aromatic rings. The Labute approximate surface area is 169 Å². The van der Waals surface area contributed by atoms with E-state index in [2.05, 4.69) is 11.1 Å². The number of rotatable bonds is 4. The van der Waals surface area contributed by atoms with Gasteiger partial charge in [0, 0.05) is 0 Å². The van der Waals surface area contributed by atoms with Gasteiger partial charge in [-0.25, -0.2) is 0 Å². The summed E-state index contributed by atoms with van der Waals surface area (Å²) < 4.78 is 6.09. The van der Waals surface area contributed by atoms with E-state index in [4.69, 9.17) is 4.74 Å². The standard InChI is InChI=1S/C22H20N2O3Se/c1-27-22(26)24-14-8-7-13-18(24)19-16-11-5-6-12-17(16)23-20(19)21(25)28-15-9-3-2-4-10-15/h2-12,18,23H,13-14H2,1H3. The molecule has 4 rings (SSSR count). The number of para-hydroxylation sites is 1. The second-order valence-electron chi connectivity index (χ2n) is 6.51. The van der Waals surface area contributed by atoms with Gasteiger partial charge in [-0.15, -0.1) is 0 Å². The molecule has 0 aliphatic carbocycles. The number of hydrogen-bond donors (Lipinski definition) is 1. The van der Waals surface area contributed by atoms with E-state index in [1.165, 1.54) is 7.11 Å².